The Morgan fingerprint density at radius 3 is 2.56 bits per heavy atom. The van der Waals surface area contributed by atoms with Crippen molar-refractivity contribution in [1.82, 2.24) is 5.32 Å². The number of amides is 1. The fourth-order valence-corrected chi connectivity index (χ4v) is 1.91. The maximum Gasteiger partial charge on any atom is 0.326 e. The molecule has 1 aromatic carbocycles. The summed E-state index contributed by atoms with van der Waals surface area (Å²) in [4.78, 5) is 21.9. The fourth-order valence-electron chi connectivity index (χ4n) is 1.63. The lowest BCUT2D eigenvalue weighted by Gasteiger charge is -2.14. The van der Waals surface area contributed by atoms with Gasteiger partial charge in [0.1, 0.15) is 6.04 Å². The lowest BCUT2D eigenvalue weighted by atomic mass is 10.0. The highest BCUT2D eigenvalue weighted by molar-refractivity contribution is 6.33. The summed E-state index contributed by atoms with van der Waals surface area (Å²) < 4.78 is 0. The molecule has 0 saturated heterocycles. The summed E-state index contributed by atoms with van der Waals surface area (Å²) >= 11 is 5.93. The number of nitrogens with two attached hydrogens (primary N) is 1. The Hall–Kier alpha value is -1.75. The van der Waals surface area contributed by atoms with Crippen LogP contribution in [0, 0.1) is 6.92 Å². The van der Waals surface area contributed by atoms with Crippen molar-refractivity contribution in [2.45, 2.75) is 26.3 Å². The lowest BCUT2D eigenvalue weighted by molar-refractivity contribution is -0.141. The van der Waals surface area contributed by atoms with Crippen LogP contribution in [0.4, 0.5) is 5.69 Å². The van der Waals surface area contributed by atoms with Gasteiger partial charge < -0.3 is 16.2 Å². The van der Waals surface area contributed by atoms with Crippen molar-refractivity contribution in [3.8, 4) is 0 Å². The first-order chi connectivity index (χ1) is 8.31. The molecule has 1 atom stereocenters. The van der Waals surface area contributed by atoms with E-state index >= 15 is 0 Å². The van der Waals surface area contributed by atoms with E-state index in [1.165, 1.54) is 6.92 Å². The van der Waals surface area contributed by atoms with Gasteiger partial charge in [-0.1, -0.05) is 17.7 Å². The standard InChI is InChI=1S/C12H15ClN2O3/c1-6-3-8(4-9(13)11(6)14)5-10(12(17)18)15-7(2)16/h3-4,10H,5,14H2,1-2H3,(H,15,16)(H,17,18)/t10-/m1/s1. The van der Waals surface area contributed by atoms with E-state index in [4.69, 9.17) is 22.4 Å². The number of halogens is 1. The zero-order chi connectivity index (χ0) is 13.9. The van der Waals surface area contributed by atoms with Crippen molar-refractivity contribution in [2.24, 2.45) is 0 Å². The van der Waals surface area contributed by atoms with E-state index < -0.39 is 12.0 Å². The number of carbonyl (C=O) groups is 2. The van der Waals surface area contributed by atoms with E-state index in [1.807, 2.05) is 0 Å². The number of benzene rings is 1. The van der Waals surface area contributed by atoms with E-state index in [9.17, 15) is 9.59 Å². The number of aryl methyl sites for hydroxylation is 1. The molecule has 18 heavy (non-hydrogen) atoms. The first-order valence-electron chi connectivity index (χ1n) is 5.35. The average molecular weight is 271 g/mol. The van der Waals surface area contributed by atoms with Crippen LogP contribution in [0.25, 0.3) is 0 Å². The van der Waals surface area contributed by atoms with Crippen molar-refractivity contribution in [1.29, 1.82) is 0 Å². The van der Waals surface area contributed by atoms with Crippen molar-refractivity contribution in [3.05, 3.63) is 28.3 Å². The van der Waals surface area contributed by atoms with Crippen LogP contribution in [0.5, 0.6) is 0 Å². The summed E-state index contributed by atoms with van der Waals surface area (Å²) in [6.45, 7) is 3.07. The number of rotatable bonds is 4. The van der Waals surface area contributed by atoms with Gasteiger partial charge in [-0.15, -0.1) is 0 Å². The zero-order valence-electron chi connectivity index (χ0n) is 10.2. The molecule has 1 rings (SSSR count). The summed E-state index contributed by atoms with van der Waals surface area (Å²) in [7, 11) is 0. The van der Waals surface area contributed by atoms with Crippen molar-refractivity contribution >= 4 is 29.2 Å². The minimum atomic E-state index is -1.09. The molecule has 0 aromatic heterocycles. The zero-order valence-corrected chi connectivity index (χ0v) is 10.9. The Balaban J connectivity index is 2.94. The number of anilines is 1. The molecule has 0 saturated carbocycles. The fraction of sp³-hybridized carbons (Fsp3) is 0.333. The molecule has 5 nitrogen and oxygen atoms in total. The third kappa shape index (κ3) is 3.63. The molecule has 4 N–H and O–H groups in total. The van der Waals surface area contributed by atoms with Gasteiger partial charge in [0.2, 0.25) is 5.91 Å². The topological polar surface area (TPSA) is 92.4 Å². The molecule has 6 heteroatoms. The normalized spacial score (nSPS) is 11.9. The van der Waals surface area contributed by atoms with Crippen LogP contribution in [0.1, 0.15) is 18.1 Å². The van der Waals surface area contributed by atoms with Crippen LogP contribution in [0.2, 0.25) is 5.02 Å². The van der Waals surface area contributed by atoms with Gasteiger partial charge in [-0.3, -0.25) is 4.79 Å². The Kier molecular flexibility index (Phi) is 4.55. The van der Waals surface area contributed by atoms with E-state index in [0.717, 1.165) is 5.56 Å². The molecule has 0 aliphatic heterocycles. The second-order valence-electron chi connectivity index (χ2n) is 4.10. The molecular formula is C12H15ClN2O3. The number of carboxylic acids is 1. The maximum absolute atomic E-state index is 11.0. The van der Waals surface area contributed by atoms with Gasteiger partial charge in [0.25, 0.3) is 0 Å². The van der Waals surface area contributed by atoms with Gasteiger partial charge in [0.15, 0.2) is 0 Å². The number of hydrogen-bond donors (Lipinski definition) is 3. The summed E-state index contributed by atoms with van der Waals surface area (Å²) in [5.74, 6) is -1.48. The predicted octanol–water partition coefficient (Wildman–Crippen LogP) is 1.36. The lowest BCUT2D eigenvalue weighted by Crippen LogP contribution is -2.41. The number of carboxylic acid groups (broad SMARTS) is 1. The summed E-state index contributed by atoms with van der Waals surface area (Å²) in [5, 5.41) is 11.8. The second-order valence-corrected chi connectivity index (χ2v) is 4.51. The molecule has 0 aliphatic carbocycles. The Bertz CT molecular complexity index is 465. The van der Waals surface area contributed by atoms with Gasteiger partial charge in [-0.05, 0) is 24.1 Å². The third-order valence-electron chi connectivity index (χ3n) is 2.51. The van der Waals surface area contributed by atoms with Crippen molar-refractivity contribution < 1.29 is 14.7 Å². The average Bonchev–Trinajstić information content (AvgIpc) is 2.24. The number of carbonyl (C=O) groups excluding carboxylic acids is 1. The van der Waals surface area contributed by atoms with Crippen LogP contribution in [0.3, 0.4) is 0 Å². The van der Waals surface area contributed by atoms with E-state index in [2.05, 4.69) is 5.32 Å². The van der Waals surface area contributed by atoms with Crippen LogP contribution in [-0.2, 0) is 16.0 Å². The monoisotopic (exact) mass is 270 g/mol. The largest absolute Gasteiger partial charge is 0.480 e. The summed E-state index contributed by atoms with van der Waals surface area (Å²) in [6.07, 6.45) is 0.162. The van der Waals surface area contributed by atoms with Gasteiger partial charge in [-0.25, -0.2) is 4.79 Å². The molecular weight excluding hydrogens is 256 g/mol. The molecule has 0 heterocycles. The van der Waals surface area contributed by atoms with Crippen molar-refractivity contribution in [3.63, 3.8) is 0 Å². The summed E-state index contributed by atoms with van der Waals surface area (Å²) in [6, 6.07) is 2.40. The molecule has 98 valence electrons. The predicted molar refractivity (Wildman–Crippen MR) is 69.5 cm³/mol. The SMILES string of the molecule is CC(=O)N[C@H](Cc1cc(C)c(N)c(Cl)c1)C(=O)O. The Morgan fingerprint density at radius 2 is 2.11 bits per heavy atom. The van der Waals surface area contributed by atoms with Gasteiger partial charge in [0.05, 0.1) is 10.7 Å². The highest BCUT2D eigenvalue weighted by Crippen LogP contribution is 2.24. The number of aliphatic carboxylic acids is 1. The minimum absolute atomic E-state index is 0.162. The van der Waals surface area contributed by atoms with Crippen LogP contribution >= 0.6 is 11.6 Å². The van der Waals surface area contributed by atoms with Gasteiger partial charge in [-0.2, -0.15) is 0 Å². The third-order valence-corrected chi connectivity index (χ3v) is 2.82. The van der Waals surface area contributed by atoms with Gasteiger partial charge >= 0.3 is 5.97 Å². The minimum Gasteiger partial charge on any atom is -0.480 e. The van der Waals surface area contributed by atoms with Crippen LogP contribution < -0.4 is 11.1 Å². The van der Waals surface area contributed by atoms with Gasteiger partial charge in [0, 0.05) is 13.3 Å². The number of nitrogens with one attached hydrogen (secondary N) is 1. The first kappa shape index (κ1) is 14.3. The van der Waals surface area contributed by atoms with E-state index in [0.29, 0.717) is 16.3 Å². The highest BCUT2D eigenvalue weighted by atomic mass is 35.5. The van der Waals surface area contributed by atoms with Crippen molar-refractivity contribution in [2.75, 3.05) is 5.73 Å². The Morgan fingerprint density at radius 1 is 1.50 bits per heavy atom. The Labute approximate surface area is 110 Å². The number of nitrogen functional groups attached to an aromatic ring is 1. The molecule has 0 spiro atoms. The molecule has 1 aromatic rings. The maximum atomic E-state index is 11.0. The highest BCUT2D eigenvalue weighted by Gasteiger charge is 2.19. The van der Waals surface area contributed by atoms with E-state index in [-0.39, 0.29) is 12.3 Å². The van der Waals surface area contributed by atoms with Crippen LogP contribution in [-0.4, -0.2) is 23.0 Å². The molecule has 0 bridgehead atoms. The molecule has 0 aliphatic rings. The first-order valence-corrected chi connectivity index (χ1v) is 5.73. The van der Waals surface area contributed by atoms with Crippen LogP contribution in [0.15, 0.2) is 12.1 Å². The molecule has 0 unspecified atom stereocenters. The quantitative estimate of drug-likeness (QED) is 0.721. The molecule has 1 amide bonds. The van der Waals surface area contributed by atoms with E-state index in [1.54, 1.807) is 19.1 Å². The molecule has 0 fully saturated rings. The smallest absolute Gasteiger partial charge is 0.326 e. The summed E-state index contributed by atoms with van der Waals surface area (Å²) in [5.41, 5.74) is 7.68. The molecule has 0 radical (unpaired) electrons. The second kappa shape index (κ2) is 5.73. The number of hydrogen-bond acceptors (Lipinski definition) is 3.